The molecule has 0 saturated heterocycles. The number of aliphatic carboxylic acids is 1. The van der Waals surface area contributed by atoms with Crippen molar-refractivity contribution in [2.24, 2.45) is 0 Å². The first-order valence-corrected chi connectivity index (χ1v) is 2.64. The molecule has 0 heterocycles. The zero-order valence-corrected chi connectivity index (χ0v) is 5.55. The van der Waals surface area contributed by atoms with Crippen LogP contribution < -0.4 is 10.8 Å². The summed E-state index contributed by atoms with van der Waals surface area (Å²) >= 11 is 0. The van der Waals surface area contributed by atoms with Crippen LogP contribution in [0, 0.1) is 0 Å². The van der Waals surface area contributed by atoms with E-state index in [4.69, 9.17) is 5.11 Å². The highest BCUT2D eigenvalue weighted by Gasteiger charge is 2.30. The lowest BCUT2D eigenvalue weighted by Gasteiger charge is -2.24. The first kappa shape index (κ1) is 8.39. The third-order valence-corrected chi connectivity index (χ3v) is 1.39. The van der Waals surface area contributed by atoms with E-state index in [-0.39, 0.29) is 0 Å². The van der Waals surface area contributed by atoms with Gasteiger partial charge in [0.05, 0.1) is 0 Å². The van der Waals surface area contributed by atoms with Crippen molar-refractivity contribution in [3.05, 3.63) is 0 Å². The van der Waals surface area contributed by atoms with Gasteiger partial charge in [0.25, 0.3) is 0 Å². The van der Waals surface area contributed by atoms with Crippen molar-refractivity contribution < 1.29 is 20.7 Å². The summed E-state index contributed by atoms with van der Waals surface area (Å²) in [6, 6.07) is 0. The van der Waals surface area contributed by atoms with Gasteiger partial charge in [-0.2, -0.15) is 0 Å². The zero-order valence-electron chi connectivity index (χ0n) is 5.55. The van der Waals surface area contributed by atoms with Crippen molar-refractivity contribution in [1.82, 2.24) is 0 Å². The summed E-state index contributed by atoms with van der Waals surface area (Å²) in [4.78, 5) is 10.1. The number of hydrogen-bond acceptors (Lipinski definition) is 3. The van der Waals surface area contributed by atoms with Crippen LogP contribution in [0.15, 0.2) is 0 Å². The summed E-state index contributed by atoms with van der Waals surface area (Å²) in [5, 5.41) is 18.9. The average molecular weight is 133 g/mol. The standard InChI is InChI=1S/C5H11NO3/c1-3(7)5(2,6)4(8)9/h3,7H,6H2,1-2H3,(H,8,9)/t3-,5+/m0/s1. The lowest BCUT2D eigenvalue weighted by atomic mass is 9.98. The van der Waals surface area contributed by atoms with Crippen molar-refractivity contribution in [2.45, 2.75) is 25.5 Å². The SMILES string of the molecule is C[C@H](O)[C@@](C)([NH3+])C(=O)[O-]. The minimum Gasteiger partial charge on any atom is -0.544 e. The molecule has 0 aromatic rings. The van der Waals surface area contributed by atoms with Gasteiger partial charge in [-0.3, -0.25) is 0 Å². The Morgan fingerprint density at radius 3 is 2.22 bits per heavy atom. The maximum Gasteiger partial charge on any atom is 0.157 e. The quantitative estimate of drug-likeness (QED) is 0.424. The van der Waals surface area contributed by atoms with Crippen LogP contribution in [0.5, 0.6) is 0 Å². The molecule has 0 aromatic heterocycles. The molecule has 0 saturated carbocycles. The normalized spacial score (nSPS) is 20.4. The van der Waals surface area contributed by atoms with Crippen molar-refractivity contribution in [2.75, 3.05) is 0 Å². The van der Waals surface area contributed by atoms with E-state index in [9.17, 15) is 9.90 Å². The topological polar surface area (TPSA) is 88.0 Å². The number of hydrogen-bond donors (Lipinski definition) is 2. The number of carboxylic acid groups (broad SMARTS) is 1. The summed E-state index contributed by atoms with van der Waals surface area (Å²) in [7, 11) is 0. The first-order chi connectivity index (χ1) is 3.89. The van der Waals surface area contributed by atoms with Crippen LogP contribution in [-0.2, 0) is 4.79 Å². The highest BCUT2D eigenvalue weighted by Crippen LogP contribution is 1.99. The number of carboxylic acids is 1. The molecule has 0 amide bonds. The Balaban J connectivity index is 4.19. The van der Waals surface area contributed by atoms with Gasteiger partial charge in [0.2, 0.25) is 0 Å². The van der Waals surface area contributed by atoms with Crippen LogP contribution >= 0.6 is 0 Å². The predicted octanol–water partition coefficient (Wildman–Crippen LogP) is -2.88. The smallest absolute Gasteiger partial charge is 0.157 e. The third kappa shape index (κ3) is 1.65. The average Bonchev–Trinajstić information content (AvgIpc) is 1.65. The zero-order chi connectivity index (χ0) is 7.65. The summed E-state index contributed by atoms with van der Waals surface area (Å²) in [5.74, 6) is -1.34. The van der Waals surface area contributed by atoms with Crippen LogP contribution in [-0.4, -0.2) is 22.7 Å². The van der Waals surface area contributed by atoms with Gasteiger partial charge < -0.3 is 20.7 Å². The van der Waals surface area contributed by atoms with Crippen LogP contribution in [0.1, 0.15) is 13.8 Å². The fourth-order valence-electron chi connectivity index (χ4n) is 0.171. The number of aliphatic hydroxyl groups is 1. The van der Waals surface area contributed by atoms with E-state index in [2.05, 4.69) is 5.73 Å². The van der Waals surface area contributed by atoms with Crippen LogP contribution in [0.2, 0.25) is 0 Å². The van der Waals surface area contributed by atoms with E-state index >= 15 is 0 Å². The van der Waals surface area contributed by atoms with E-state index in [1.165, 1.54) is 13.8 Å². The molecule has 0 unspecified atom stereocenters. The molecule has 2 atom stereocenters. The van der Waals surface area contributed by atoms with Crippen molar-refractivity contribution >= 4 is 5.97 Å². The van der Waals surface area contributed by atoms with Gasteiger partial charge in [-0.25, -0.2) is 0 Å². The van der Waals surface area contributed by atoms with Gasteiger partial charge in [0, 0.05) is 0 Å². The number of carbonyl (C=O) groups is 1. The van der Waals surface area contributed by atoms with Crippen molar-refractivity contribution in [1.29, 1.82) is 0 Å². The van der Waals surface area contributed by atoms with Gasteiger partial charge in [0.15, 0.2) is 5.54 Å². The summed E-state index contributed by atoms with van der Waals surface area (Å²) in [6.45, 7) is 2.68. The molecule has 54 valence electrons. The molecular weight excluding hydrogens is 122 g/mol. The summed E-state index contributed by atoms with van der Waals surface area (Å²) in [6.07, 6.45) is -0.984. The number of rotatable bonds is 2. The Hall–Kier alpha value is -0.610. The van der Waals surface area contributed by atoms with E-state index in [1.807, 2.05) is 0 Å². The lowest BCUT2D eigenvalue weighted by Crippen LogP contribution is -2.82. The van der Waals surface area contributed by atoms with Crippen LogP contribution in [0.25, 0.3) is 0 Å². The Morgan fingerprint density at radius 2 is 2.22 bits per heavy atom. The van der Waals surface area contributed by atoms with Gasteiger partial charge in [0.1, 0.15) is 12.1 Å². The molecule has 0 aromatic carbocycles. The van der Waals surface area contributed by atoms with E-state index in [1.54, 1.807) is 0 Å². The summed E-state index contributed by atoms with van der Waals surface area (Å²) < 4.78 is 0. The molecular formula is C5H11NO3. The molecule has 4 heteroatoms. The highest BCUT2D eigenvalue weighted by atomic mass is 16.4. The molecule has 0 radical (unpaired) electrons. The second-order valence-corrected chi connectivity index (χ2v) is 2.38. The van der Waals surface area contributed by atoms with Gasteiger partial charge >= 0.3 is 0 Å². The molecule has 4 nitrogen and oxygen atoms in total. The molecule has 0 aliphatic carbocycles. The lowest BCUT2D eigenvalue weighted by molar-refractivity contribution is -0.495. The molecule has 0 aliphatic heterocycles. The Bertz CT molecular complexity index is 119. The van der Waals surface area contributed by atoms with Crippen molar-refractivity contribution in [3.63, 3.8) is 0 Å². The minimum atomic E-state index is -1.39. The van der Waals surface area contributed by atoms with Gasteiger partial charge in [-0.05, 0) is 13.8 Å². The van der Waals surface area contributed by atoms with Crippen molar-refractivity contribution in [3.8, 4) is 0 Å². The van der Waals surface area contributed by atoms with Gasteiger partial charge in [-0.15, -0.1) is 0 Å². The van der Waals surface area contributed by atoms with E-state index < -0.39 is 17.6 Å². The minimum absolute atomic E-state index is 0.984. The molecule has 0 bridgehead atoms. The Morgan fingerprint density at radius 1 is 1.89 bits per heavy atom. The second-order valence-electron chi connectivity index (χ2n) is 2.38. The maximum atomic E-state index is 10.1. The third-order valence-electron chi connectivity index (χ3n) is 1.39. The first-order valence-electron chi connectivity index (χ1n) is 2.64. The number of carbonyl (C=O) groups excluding carboxylic acids is 1. The van der Waals surface area contributed by atoms with Crippen LogP contribution in [0.4, 0.5) is 0 Å². The fraction of sp³-hybridized carbons (Fsp3) is 0.800. The fourth-order valence-corrected chi connectivity index (χ4v) is 0.171. The predicted molar refractivity (Wildman–Crippen MR) is 28.0 cm³/mol. The molecule has 0 aliphatic rings. The monoisotopic (exact) mass is 133 g/mol. The molecule has 4 N–H and O–H groups in total. The number of quaternary nitrogens is 1. The van der Waals surface area contributed by atoms with E-state index in [0.29, 0.717) is 0 Å². The largest absolute Gasteiger partial charge is 0.544 e. The van der Waals surface area contributed by atoms with E-state index in [0.717, 1.165) is 0 Å². The van der Waals surface area contributed by atoms with Gasteiger partial charge in [-0.1, -0.05) is 0 Å². The maximum absolute atomic E-state index is 10.1. The molecule has 9 heavy (non-hydrogen) atoms. The Kier molecular flexibility index (Phi) is 2.17. The van der Waals surface area contributed by atoms with Crippen LogP contribution in [0.3, 0.4) is 0 Å². The summed E-state index contributed by atoms with van der Waals surface area (Å²) in [5.41, 5.74) is 1.87. The highest BCUT2D eigenvalue weighted by molar-refractivity contribution is 5.74. The molecule has 0 fully saturated rings. The second kappa shape index (κ2) is 2.33. The molecule has 0 rings (SSSR count). The Labute approximate surface area is 53.3 Å². The molecule has 0 spiro atoms. The number of aliphatic hydroxyl groups excluding tert-OH is 1.